The summed E-state index contributed by atoms with van der Waals surface area (Å²) in [5.74, 6) is 0. The summed E-state index contributed by atoms with van der Waals surface area (Å²) in [6.07, 6.45) is 0. The zero-order valence-electron chi connectivity index (χ0n) is 16.5. The molecule has 0 N–H and O–H groups in total. The van der Waals surface area contributed by atoms with Gasteiger partial charge in [0.1, 0.15) is 0 Å². The van der Waals surface area contributed by atoms with Crippen molar-refractivity contribution in [3.63, 3.8) is 0 Å². The molecule has 0 heterocycles. The molecule has 0 radical (unpaired) electrons. The van der Waals surface area contributed by atoms with Gasteiger partial charge in [-0.25, -0.2) is 0 Å². The van der Waals surface area contributed by atoms with Crippen LogP contribution in [0.15, 0.2) is 0 Å². The second-order valence-corrected chi connectivity index (χ2v) is 15.4. The first-order valence-corrected chi connectivity index (χ1v) is 15.3. The fourth-order valence-corrected chi connectivity index (χ4v) is 10.8. The monoisotopic (exact) mass is 1350 g/mol. The van der Waals surface area contributed by atoms with Gasteiger partial charge in [0.25, 0.3) is 0 Å². The molecular formula is C3H3Ba6NO18P6. The number of rotatable bonds is 9. The van der Waals surface area contributed by atoms with Gasteiger partial charge in [-0.3, -0.25) is 4.90 Å². The van der Waals surface area contributed by atoms with Crippen molar-refractivity contribution < 1.29 is 86.1 Å². The molecule has 0 unspecified atom stereocenters. The van der Waals surface area contributed by atoms with Gasteiger partial charge in [-0.2, -0.15) is 0 Å². The fourth-order valence-electron chi connectivity index (χ4n) is 1.86. The number of hydrogen-bond donors (Lipinski definition) is 0. The van der Waals surface area contributed by atoms with Gasteiger partial charge in [0.05, 0.1) is 16.6 Å². The quantitative estimate of drug-likeness (QED) is 0.153. The summed E-state index contributed by atoms with van der Waals surface area (Å²) >= 11 is 0. The largest absolute Gasteiger partial charge is 2.00 e. The van der Waals surface area contributed by atoms with E-state index >= 15 is 0 Å². The van der Waals surface area contributed by atoms with Crippen LogP contribution in [-0.2, 0) is 27.4 Å². The van der Waals surface area contributed by atoms with E-state index in [1.54, 1.807) is 0 Å². The van der Waals surface area contributed by atoms with Gasteiger partial charge in [0.15, 0.2) is 0 Å². The van der Waals surface area contributed by atoms with Crippen molar-refractivity contribution >= 4 is 339 Å². The van der Waals surface area contributed by atoms with Crippen molar-refractivity contribution in [2.75, 3.05) is 0 Å². The summed E-state index contributed by atoms with van der Waals surface area (Å²) < 4.78 is 66.1. The Kier molecular flexibility index (Phi) is 40.0. The van der Waals surface area contributed by atoms with Crippen LogP contribution in [-0.4, -0.2) is 315 Å². The fraction of sp³-hybridized carbons (Fsp3) is 1.00. The Bertz CT molecular complexity index is 698. The smallest absolute Gasteiger partial charge is 0.809 e. The third-order valence-electron chi connectivity index (χ3n) is 2.50. The van der Waals surface area contributed by atoms with Gasteiger partial charge in [0.2, 0.25) is 0 Å². The maximum atomic E-state index is 11.0. The zero-order chi connectivity index (χ0) is 23.3. The molecule has 0 aromatic carbocycles. The first-order chi connectivity index (χ1) is 11.7. The van der Waals surface area contributed by atoms with Gasteiger partial charge in [-0.15, -0.1) is 0 Å². The predicted octanol–water partition coefficient (Wildman–Crippen LogP) is -12.7. The Balaban J connectivity index is -0.000000243. The van der Waals surface area contributed by atoms with E-state index in [9.17, 15) is 86.1 Å². The molecule has 19 nitrogen and oxygen atoms in total. The van der Waals surface area contributed by atoms with Gasteiger partial charge < -0.3 is 86.1 Å². The first-order valence-electron chi connectivity index (χ1n) is 5.61. The molecule has 0 aromatic rings. The average Bonchev–Trinajstić information content (AvgIpc) is 2.13. The van der Waals surface area contributed by atoms with Gasteiger partial charge in [-0.05, 0) is 45.6 Å². The van der Waals surface area contributed by atoms with Gasteiger partial charge in [0, 0.05) is 0 Å². The van der Waals surface area contributed by atoms with Gasteiger partial charge >= 0.3 is 293 Å². The molecule has 0 spiro atoms. The topological polar surface area (TPSA) is 382 Å². The van der Waals surface area contributed by atoms with E-state index in [0.717, 1.165) is 0 Å². The van der Waals surface area contributed by atoms with Crippen LogP contribution in [0.4, 0.5) is 0 Å². The molecule has 0 aliphatic carbocycles. The van der Waals surface area contributed by atoms with Crippen molar-refractivity contribution in [2.45, 2.75) is 16.6 Å². The molecule has 0 aliphatic heterocycles. The third kappa shape index (κ3) is 21.2. The summed E-state index contributed by atoms with van der Waals surface area (Å²) in [6, 6.07) is 0. The maximum Gasteiger partial charge on any atom is 2.00 e. The zero-order valence-corrected chi connectivity index (χ0v) is 48.5. The van der Waals surface area contributed by atoms with Crippen LogP contribution < -0.4 is 58.7 Å². The summed E-state index contributed by atoms with van der Waals surface area (Å²) in [7, 11) is -44.4. The predicted molar refractivity (Wildman–Crippen MR) is 93.4 cm³/mol. The van der Waals surface area contributed by atoms with Gasteiger partial charge in [-0.1, -0.05) is 0 Å². The Morgan fingerprint density at radius 1 is 0.324 bits per heavy atom. The minimum Gasteiger partial charge on any atom is -0.809 e. The van der Waals surface area contributed by atoms with Crippen LogP contribution >= 0.6 is 45.6 Å². The Morgan fingerprint density at radius 3 is 0.471 bits per heavy atom. The molecule has 0 amide bonds. The molecule has 0 rings (SSSR count). The van der Waals surface area contributed by atoms with Crippen molar-refractivity contribution in [3.05, 3.63) is 0 Å². The minimum absolute atomic E-state index is 0. The van der Waals surface area contributed by atoms with Crippen LogP contribution in [0.5, 0.6) is 0 Å². The molecule has 0 aromatic heterocycles. The second kappa shape index (κ2) is 22.8. The van der Waals surface area contributed by atoms with Crippen molar-refractivity contribution in [1.29, 1.82) is 0 Å². The average molecular weight is 1350 g/mol. The van der Waals surface area contributed by atoms with E-state index in [1.165, 1.54) is 0 Å². The maximum absolute atomic E-state index is 11.0. The molecule has 0 bridgehead atoms. The molecule has 34 heavy (non-hydrogen) atoms. The molecule has 31 heteroatoms. The van der Waals surface area contributed by atoms with Crippen molar-refractivity contribution in [1.82, 2.24) is 4.90 Å². The van der Waals surface area contributed by atoms with E-state index < -0.39 is 67.0 Å². The van der Waals surface area contributed by atoms with Crippen LogP contribution in [0.1, 0.15) is 0 Å². The molecule has 0 aliphatic rings. The summed E-state index contributed by atoms with van der Waals surface area (Å²) in [5.41, 5.74) is -14.8. The third-order valence-corrected chi connectivity index (χ3v) is 12.6. The summed E-state index contributed by atoms with van der Waals surface area (Å²) in [4.78, 5) is 130. The summed E-state index contributed by atoms with van der Waals surface area (Å²) in [6.45, 7) is 0. The molecule has 0 saturated heterocycles. The Hall–Kier alpha value is 10.3. The van der Waals surface area contributed by atoms with E-state index in [2.05, 4.69) is 0 Å². The molecular weight excluding hydrogens is 1350 g/mol. The Morgan fingerprint density at radius 2 is 0.412 bits per heavy atom. The Labute approximate surface area is 433 Å². The summed E-state index contributed by atoms with van der Waals surface area (Å²) in [5, 5.41) is 0. The van der Waals surface area contributed by atoms with Crippen molar-refractivity contribution in [3.8, 4) is 0 Å². The van der Waals surface area contributed by atoms with E-state index in [4.69, 9.17) is 0 Å². The standard InChI is InChI=1S/C3H15NO18P6.6Ba/c5-23(6,7)1(24(8,9)10)4(2(25(11,12)13)26(14,15)16)3(27(17,18)19)28(20,21)22;;;;;;/h1-3H,(H2,5,6,7)(H2,8,9,10)(H2,11,12,13)(H2,14,15,16)(H2,17,18,19)(H2,20,21,22);;;;;;/q;6*+2/p-12. The minimum atomic E-state index is -7.40. The van der Waals surface area contributed by atoms with Crippen LogP contribution in [0, 0.1) is 0 Å². The molecule has 0 fully saturated rings. The SMILES string of the molecule is O=P([O-])([O-])C(N(C(P(=O)([O-])[O-])P(=O)([O-])[O-])C(P(=O)([O-])[O-])P(=O)([O-])[O-])P(=O)([O-])[O-].[Ba+2].[Ba+2].[Ba+2].[Ba+2].[Ba+2].[Ba+2]. The van der Waals surface area contributed by atoms with E-state index in [-0.39, 0.29) is 293 Å². The van der Waals surface area contributed by atoms with Crippen LogP contribution in [0.2, 0.25) is 0 Å². The first kappa shape index (κ1) is 59.7. The number of hydrogen-bond acceptors (Lipinski definition) is 19. The normalized spacial score (nSPS) is 13.1. The molecule has 170 valence electrons. The second-order valence-electron chi connectivity index (χ2n) is 4.73. The number of nitrogens with zero attached hydrogens (tertiary/aromatic N) is 1. The molecule has 0 saturated carbocycles. The van der Waals surface area contributed by atoms with Crippen LogP contribution in [0.3, 0.4) is 0 Å². The van der Waals surface area contributed by atoms with Crippen molar-refractivity contribution in [2.24, 2.45) is 0 Å². The van der Waals surface area contributed by atoms with Crippen LogP contribution in [0.25, 0.3) is 0 Å². The van der Waals surface area contributed by atoms with E-state index in [0.29, 0.717) is 0 Å². The van der Waals surface area contributed by atoms with E-state index in [1.807, 2.05) is 0 Å². The molecule has 0 atom stereocenters.